The van der Waals surface area contributed by atoms with Crippen LogP contribution in [-0.2, 0) is 35.2 Å². The lowest BCUT2D eigenvalue weighted by molar-refractivity contribution is -0.177. The Labute approximate surface area is 231 Å². The van der Waals surface area contributed by atoms with E-state index in [1.54, 1.807) is 20.8 Å². The third-order valence-corrected chi connectivity index (χ3v) is 6.51. The van der Waals surface area contributed by atoms with Crippen molar-refractivity contribution in [1.82, 2.24) is 4.90 Å². The lowest BCUT2D eigenvalue weighted by Gasteiger charge is -2.34. The monoisotopic (exact) mass is 556 g/mol. The first-order valence-corrected chi connectivity index (χ1v) is 13.1. The molecular formula is C29H33FN2O8. The van der Waals surface area contributed by atoms with Gasteiger partial charge in [-0.25, -0.2) is 14.0 Å². The highest BCUT2D eigenvalue weighted by molar-refractivity contribution is 6.02. The van der Waals surface area contributed by atoms with Crippen molar-refractivity contribution >= 4 is 29.4 Å². The smallest absolute Gasteiger partial charge is 0.338 e. The van der Waals surface area contributed by atoms with Gasteiger partial charge in [0.2, 0.25) is 0 Å². The van der Waals surface area contributed by atoms with Crippen LogP contribution in [0, 0.1) is 5.82 Å². The Morgan fingerprint density at radius 3 is 2.55 bits per heavy atom. The number of morpholine rings is 1. The number of likely N-dealkylation sites (tertiary alicyclic amines) is 1. The molecule has 2 aliphatic rings. The second-order valence-corrected chi connectivity index (χ2v) is 10.7. The van der Waals surface area contributed by atoms with E-state index in [1.165, 1.54) is 11.0 Å². The zero-order valence-corrected chi connectivity index (χ0v) is 22.7. The number of nitrogens with zero attached hydrogens (tertiary/aromatic N) is 2. The van der Waals surface area contributed by atoms with E-state index in [0.717, 1.165) is 22.6 Å². The Hall–Kier alpha value is -3.83. The molecule has 0 aliphatic carbocycles. The van der Waals surface area contributed by atoms with Gasteiger partial charge >= 0.3 is 11.9 Å². The van der Waals surface area contributed by atoms with Crippen LogP contribution in [0.4, 0.5) is 10.1 Å². The number of carbonyl (C=O) groups excluding carboxylic acids is 4. The van der Waals surface area contributed by atoms with Crippen molar-refractivity contribution in [3.8, 4) is 0 Å². The molecule has 11 heteroatoms. The molecule has 4 rings (SSSR count). The number of amides is 2. The predicted molar refractivity (Wildman–Crippen MR) is 141 cm³/mol. The largest absolute Gasteiger partial charge is 0.459 e. The summed E-state index contributed by atoms with van der Waals surface area (Å²) >= 11 is 0. The minimum absolute atomic E-state index is 0.00556. The molecule has 2 aromatic rings. The molecule has 2 aliphatic heterocycles. The van der Waals surface area contributed by atoms with Gasteiger partial charge in [0.25, 0.3) is 11.8 Å². The van der Waals surface area contributed by atoms with Crippen LogP contribution in [0.5, 0.6) is 0 Å². The minimum Gasteiger partial charge on any atom is -0.459 e. The Morgan fingerprint density at radius 2 is 1.85 bits per heavy atom. The molecule has 0 spiro atoms. The van der Waals surface area contributed by atoms with E-state index in [1.807, 2.05) is 30.3 Å². The molecule has 3 unspecified atom stereocenters. The van der Waals surface area contributed by atoms with E-state index in [0.29, 0.717) is 12.8 Å². The molecule has 10 nitrogen and oxygen atoms in total. The Bertz CT molecular complexity index is 1260. The summed E-state index contributed by atoms with van der Waals surface area (Å²) in [5, 5.41) is 10.5. The molecule has 0 aromatic heterocycles. The van der Waals surface area contributed by atoms with E-state index in [4.69, 9.17) is 14.2 Å². The lowest BCUT2D eigenvalue weighted by Crippen LogP contribution is -2.55. The number of esters is 2. The second kappa shape index (κ2) is 12.1. The van der Waals surface area contributed by atoms with Gasteiger partial charge in [-0.3, -0.25) is 9.59 Å². The minimum atomic E-state index is -1.89. The third-order valence-electron chi connectivity index (χ3n) is 6.51. The average Bonchev–Trinajstić information content (AvgIpc) is 3.40. The summed E-state index contributed by atoms with van der Waals surface area (Å²) in [6.45, 7) is 5.17. The normalized spacial score (nSPS) is 20.3. The van der Waals surface area contributed by atoms with Crippen molar-refractivity contribution < 1.29 is 42.9 Å². The number of hydrogen-bond donors (Lipinski definition) is 1. The number of carbonyl (C=O) groups is 4. The highest BCUT2D eigenvalue weighted by atomic mass is 19.1. The molecule has 2 aromatic carbocycles. The van der Waals surface area contributed by atoms with Crippen LogP contribution in [-0.4, -0.2) is 77.3 Å². The molecule has 2 heterocycles. The summed E-state index contributed by atoms with van der Waals surface area (Å²) < 4.78 is 30.7. The van der Waals surface area contributed by atoms with Crippen molar-refractivity contribution in [2.45, 2.75) is 64.1 Å². The number of hydrogen-bond acceptors (Lipinski definition) is 8. The maximum Gasteiger partial charge on any atom is 0.338 e. The molecule has 40 heavy (non-hydrogen) atoms. The quantitative estimate of drug-likeness (QED) is 0.517. The van der Waals surface area contributed by atoms with Crippen molar-refractivity contribution in [2.75, 3.05) is 24.6 Å². The summed E-state index contributed by atoms with van der Waals surface area (Å²) in [5.41, 5.74) is -0.0807. The summed E-state index contributed by atoms with van der Waals surface area (Å²) in [6.07, 6.45) is -2.47. The third kappa shape index (κ3) is 6.83. The molecule has 2 fully saturated rings. The van der Waals surface area contributed by atoms with Crippen molar-refractivity contribution in [3.63, 3.8) is 0 Å². The van der Waals surface area contributed by atoms with Gasteiger partial charge in [-0.2, -0.15) is 0 Å². The molecule has 214 valence electrons. The molecule has 0 bridgehead atoms. The van der Waals surface area contributed by atoms with Gasteiger partial charge in [0.05, 0.1) is 6.61 Å². The Morgan fingerprint density at radius 1 is 1.12 bits per heavy atom. The molecule has 2 amide bonds. The number of aliphatic hydroxyl groups is 1. The average molecular weight is 557 g/mol. The molecular weight excluding hydrogens is 523 g/mol. The first-order chi connectivity index (χ1) is 18.9. The fourth-order valence-corrected chi connectivity index (χ4v) is 4.67. The Balaban J connectivity index is 1.48. The van der Waals surface area contributed by atoms with Crippen LogP contribution in [0.25, 0.3) is 0 Å². The molecule has 0 radical (unpaired) electrons. The fraction of sp³-hybridized carbons (Fsp3) is 0.448. The van der Waals surface area contributed by atoms with Crippen molar-refractivity contribution in [2.24, 2.45) is 0 Å². The number of anilines is 1. The van der Waals surface area contributed by atoms with Crippen LogP contribution in [0.3, 0.4) is 0 Å². The number of halogens is 1. The molecule has 0 saturated carbocycles. The number of ether oxygens (including phenoxy) is 3. The Kier molecular flexibility index (Phi) is 8.85. The van der Waals surface area contributed by atoms with Crippen LogP contribution < -0.4 is 4.90 Å². The summed E-state index contributed by atoms with van der Waals surface area (Å²) in [6, 6.07) is 11.8. The first kappa shape index (κ1) is 29.2. The van der Waals surface area contributed by atoms with Crippen LogP contribution in [0.1, 0.15) is 49.5 Å². The zero-order chi connectivity index (χ0) is 29.0. The highest BCUT2D eigenvalue weighted by Crippen LogP contribution is 2.27. The fourth-order valence-electron chi connectivity index (χ4n) is 4.67. The lowest BCUT2D eigenvalue weighted by atomic mass is 10.1. The van der Waals surface area contributed by atoms with E-state index < -0.39 is 53.4 Å². The van der Waals surface area contributed by atoms with Gasteiger partial charge in [-0.05, 0) is 57.4 Å². The van der Waals surface area contributed by atoms with Gasteiger partial charge < -0.3 is 29.1 Å². The SMILES string of the molecule is CC(C)(C)OC(=O)C(O)C1OCCN(c2cc(F)cc(C(=O)N3CCCC3C(=O)OCc3ccccc3)c2)C1=O. The van der Waals surface area contributed by atoms with E-state index in [9.17, 15) is 28.7 Å². The second-order valence-electron chi connectivity index (χ2n) is 10.7. The maximum absolute atomic E-state index is 14.7. The summed E-state index contributed by atoms with van der Waals surface area (Å²) in [5.74, 6) is -3.70. The van der Waals surface area contributed by atoms with Crippen LogP contribution >= 0.6 is 0 Å². The number of rotatable bonds is 7. The van der Waals surface area contributed by atoms with Crippen molar-refractivity contribution in [3.05, 3.63) is 65.5 Å². The zero-order valence-electron chi connectivity index (χ0n) is 22.7. The van der Waals surface area contributed by atoms with Gasteiger partial charge in [-0.1, -0.05) is 30.3 Å². The van der Waals surface area contributed by atoms with E-state index >= 15 is 0 Å². The van der Waals surface area contributed by atoms with E-state index in [-0.39, 0.29) is 37.6 Å². The first-order valence-electron chi connectivity index (χ1n) is 13.1. The van der Waals surface area contributed by atoms with Gasteiger partial charge in [0, 0.05) is 24.3 Å². The summed E-state index contributed by atoms with van der Waals surface area (Å²) in [7, 11) is 0. The van der Waals surface area contributed by atoms with E-state index in [2.05, 4.69) is 0 Å². The predicted octanol–water partition coefficient (Wildman–Crippen LogP) is 2.61. The van der Waals surface area contributed by atoms with Crippen LogP contribution in [0.2, 0.25) is 0 Å². The van der Waals surface area contributed by atoms with Gasteiger partial charge in [0.1, 0.15) is 24.1 Å². The molecule has 2 saturated heterocycles. The van der Waals surface area contributed by atoms with Gasteiger partial charge in [-0.15, -0.1) is 0 Å². The molecule has 1 N–H and O–H groups in total. The molecule has 3 atom stereocenters. The van der Waals surface area contributed by atoms with Crippen LogP contribution in [0.15, 0.2) is 48.5 Å². The summed E-state index contributed by atoms with van der Waals surface area (Å²) in [4.78, 5) is 54.2. The topological polar surface area (TPSA) is 123 Å². The van der Waals surface area contributed by atoms with Crippen molar-refractivity contribution in [1.29, 1.82) is 0 Å². The standard InChI is InChI=1S/C29H33FN2O8/c1-29(2,3)40-28(37)23(33)24-26(35)31(12-13-38-24)21-15-19(14-20(30)16-21)25(34)32-11-7-10-22(32)27(36)39-17-18-8-5-4-6-9-18/h4-6,8-9,14-16,22-24,33H,7,10-13,17H2,1-3H3. The van der Waals surface area contributed by atoms with Gasteiger partial charge in [0.15, 0.2) is 12.2 Å². The number of aliphatic hydroxyl groups excluding tert-OH is 1. The highest BCUT2D eigenvalue weighted by Gasteiger charge is 2.42. The number of benzene rings is 2. The maximum atomic E-state index is 14.7.